The number of hydrogen-bond donors (Lipinski definition) is 1. The number of piperidine rings is 1. The van der Waals surface area contributed by atoms with E-state index in [0.717, 1.165) is 12.8 Å². The largest absolute Gasteiger partial charge is 0.493 e. The molecular formula is C20H31N3O5. The lowest BCUT2D eigenvalue weighted by Crippen LogP contribution is -2.50. The number of urea groups is 1. The van der Waals surface area contributed by atoms with Gasteiger partial charge in [0.2, 0.25) is 5.75 Å². The molecule has 0 bridgehead atoms. The number of nitrogens with zero attached hydrogens (tertiary/aromatic N) is 2. The second-order valence-electron chi connectivity index (χ2n) is 6.60. The zero-order valence-electron chi connectivity index (χ0n) is 17.4. The van der Waals surface area contributed by atoms with Crippen LogP contribution in [0.15, 0.2) is 12.1 Å². The number of ether oxygens (including phenoxy) is 3. The average molecular weight is 393 g/mol. The van der Waals surface area contributed by atoms with E-state index < -0.39 is 0 Å². The molecule has 1 aromatic rings. The van der Waals surface area contributed by atoms with E-state index in [0.29, 0.717) is 49.0 Å². The van der Waals surface area contributed by atoms with Crippen LogP contribution in [0.2, 0.25) is 0 Å². The van der Waals surface area contributed by atoms with Gasteiger partial charge in [0.1, 0.15) is 0 Å². The molecule has 8 heteroatoms. The molecule has 28 heavy (non-hydrogen) atoms. The number of likely N-dealkylation sites (tertiary alicyclic amines) is 1. The van der Waals surface area contributed by atoms with Crippen LogP contribution in [0.1, 0.15) is 37.0 Å². The Morgan fingerprint density at radius 2 is 1.57 bits per heavy atom. The Hall–Kier alpha value is -2.64. The van der Waals surface area contributed by atoms with Crippen LogP contribution in [0.25, 0.3) is 0 Å². The van der Waals surface area contributed by atoms with Crippen molar-refractivity contribution in [2.24, 2.45) is 0 Å². The van der Waals surface area contributed by atoms with Gasteiger partial charge in [-0.3, -0.25) is 4.79 Å². The van der Waals surface area contributed by atoms with Gasteiger partial charge in [0, 0.05) is 37.8 Å². The lowest BCUT2D eigenvalue weighted by molar-refractivity contribution is 0.0911. The minimum atomic E-state index is -0.201. The second kappa shape index (κ2) is 10.1. The summed E-state index contributed by atoms with van der Waals surface area (Å²) < 4.78 is 15.9. The molecular weight excluding hydrogens is 362 g/mol. The third-order valence-corrected chi connectivity index (χ3v) is 5.06. The Kier molecular flexibility index (Phi) is 7.78. The average Bonchev–Trinajstić information content (AvgIpc) is 2.73. The van der Waals surface area contributed by atoms with Gasteiger partial charge in [-0.2, -0.15) is 0 Å². The summed E-state index contributed by atoms with van der Waals surface area (Å²) in [4.78, 5) is 28.8. The van der Waals surface area contributed by atoms with Gasteiger partial charge in [-0.1, -0.05) is 0 Å². The van der Waals surface area contributed by atoms with E-state index in [2.05, 4.69) is 5.32 Å². The van der Waals surface area contributed by atoms with E-state index in [1.165, 1.54) is 21.3 Å². The van der Waals surface area contributed by atoms with Gasteiger partial charge in [-0.05, 0) is 38.8 Å². The molecule has 8 nitrogen and oxygen atoms in total. The minimum Gasteiger partial charge on any atom is -0.493 e. The summed E-state index contributed by atoms with van der Waals surface area (Å²) in [5.41, 5.74) is 0.441. The predicted molar refractivity (Wildman–Crippen MR) is 106 cm³/mol. The normalized spacial score (nSPS) is 14.4. The molecule has 0 unspecified atom stereocenters. The van der Waals surface area contributed by atoms with E-state index in [1.54, 1.807) is 12.1 Å². The highest BCUT2D eigenvalue weighted by atomic mass is 16.5. The molecule has 1 aliphatic rings. The standard InChI is InChI=1S/C20H31N3O5/c1-6-22(7-2)20(25)23-10-8-15(9-11-23)21-19(24)14-12-16(26-3)18(28-5)17(13-14)27-4/h12-13,15H,6-11H2,1-5H3,(H,21,24). The fourth-order valence-electron chi connectivity index (χ4n) is 3.39. The Labute approximate surface area is 166 Å². The van der Waals surface area contributed by atoms with Crippen LogP contribution < -0.4 is 19.5 Å². The van der Waals surface area contributed by atoms with E-state index in [4.69, 9.17) is 14.2 Å². The Bertz CT molecular complexity index is 657. The first kappa shape index (κ1) is 21.7. The molecule has 0 saturated carbocycles. The van der Waals surface area contributed by atoms with Crippen LogP contribution in [0, 0.1) is 0 Å². The zero-order valence-corrected chi connectivity index (χ0v) is 17.4. The first-order chi connectivity index (χ1) is 13.5. The fourth-order valence-corrected chi connectivity index (χ4v) is 3.39. The number of carbonyl (C=O) groups is 2. The maximum Gasteiger partial charge on any atom is 0.319 e. The van der Waals surface area contributed by atoms with Gasteiger partial charge in [0.05, 0.1) is 21.3 Å². The van der Waals surface area contributed by atoms with Gasteiger partial charge >= 0.3 is 6.03 Å². The lowest BCUT2D eigenvalue weighted by Gasteiger charge is -2.35. The Morgan fingerprint density at radius 1 is 1.04 bits per heavy atom. The number of hydrogen-bond acceptors (Lipinski definition) is 5. The monoisotopic (exact) mass is 393 g/mol. The summed E-state index contributed by atoms with van der Waals surface area (Å²) in [6.07, 6.45) is 1.45. The maximum absolute atomic E-state index is 12.7. The third-order valence-electron chi connectivity index (χ3n) is 5.06. The topological polar surface area (TPSA) is 80.3 Å². The summed E-state index contributed by atoms with van der Waals surface area (Å²) in [5.74, 6) is 1.12. The third kappa shape index (κ3) is 4.79. The van der Waals surface area contributed by atoms with Crippen LogP contribution in [0.3, 0.4) is 0 Å². The molecule has 0 radical (unpaired) electrons. The Balaban J connectivity index is 2.00. The molecule has 1 aliphatic heterocycles. The van der Waals surface area contributed by atoms with Crippen LogP contribution in [-0.2, 0) is 0 Å². The van der Waals surface area contributed by atoms with Crippen molar-refractivity contribution in [1.82, 2.24) is 15.1 Å². The molecule has 156 valence electrons. The Morgan fingerprint density at radius 3 is 2.00 bits per heavy atom. The molecule has 3 amide bonds. The van der Waals surface area contributed by atoms with E-state index in [-0.39, 0.29) is 18.0 Å². The summed E-state index contributed by atoms with van der Waals surface area (Å²) in [6, 6.07) is 3.36. The minimum absolute atomic E-state index is 0.0207. The summed E-state index contributed by atoms with van der Waals surface area (Å²) >= 11 is 0. The molecule has 0 aromatic heterocycles. The highest BCUT2D eigenvalue weighted by molar-refractivity contribution is 5.95. The molecule has 0 spiro atoms. The van der Waals surface area contributed by atoms with E-state index >= 15 is 0 Å². The molecule has 1 aromatic carbocycles. The van der Waals surface area contributed by atoms with Crippen molar-refractivity contribution in [3.8, 4) is 17.2 Å². The van der Waals surface area contributed by atoms with Gasteiger partial charge in [-0.25, -0.2) is 4.79 Å². The first-order valence-electron chi connectivity index (χ1n) is 9.63. The number of amides is 3. The van der Waals surface area contributed by atoms with Crippen LogP contribution >= 0.6 is 0 Å². The van der Waals surface area contributed by atoms with Gasteiger partial charge in [0.15, 0.2) is 11.5 Å². The summed E-state index contributed by atoms with van der Waals surface area (Å²) in [7, 11) is 4.55. The van der Waals surface area contributed by atoms with Gasteiger partial charge in [-0.15, -0.1) is 0 Å². The van der Waals surface area contributed by atoms with Crippen molar-refractivity contribution in [2.45, 2.75) is 32.7 Å². The van der Waals surface area contributed by atoms with Crippen molar-refractivity contribution in [1.29, 1.82) is 0 Å². The lowest BCUT2D eigenvalue weighted by atomic mass is 10.0. The quantitative estimate of drug-likeness (QED) is 0.769. The highest BCUT2D eigenvalue weighted by Gasteiger charge is 2.27. The highest BCUT2D eigenvalue weighted by Crippen LogP contribution is 2.38. The van der Waals surface area contributed by atoms with Crippen molar-refractivity contribution < 1.29 is 23.8 Å². The summed E-state index contributed by atoms with van der Waals surface area (Å²) in [5, 5.41) is 3.05. The smallest absolute Gasteiger partial charge is 0.319 e. The maximum atomic E-state index is 12.7. The molecule has 2 rings (SSSR count). The van der Waals surface area contributed by atoms with Gasteiger partial charge < -0.3 is 29.3 Å². The van der Waals surface area contributed by atoms with E-state index in [1.807, 2.05) is 23.6 Å². The van der Waals surface area contributed by atoms with Crippen molar-refractivity contribution >= 4 is 11.9 Å². The number of benzene rings is 1. The van der Waals surface area contributed by atoms with Crippen molar-refractivity contribution in [3.63, 3.8) is 0 Å². The number of methoxy groups -OCH3 is 3. The van der Waals surface area contributed by atoms with Crippen LogP contribution in [-0.4, -0.2) is 75.3 Å². The van der Waals surface area contributed by atoms with Gasteiger partial charge in [0.25, 0.3) is 5.91 Å². The zero-order chi connectivity index (χ0) is 20.7. The SMILES string of the molecule is CCN(CC)C(=O)N1CCC(NC(=O)c2cc(OC)c(OC)c(OC)c2)CC1. The molecule has 1 saturated heterocycles. The molecule has 1 fully saturated rings. The first-order valence-corrected chi connectivity index (χ1v) is 9.63. The van der Waals surface area contributed by atoms with Crippen LogP contribution in [0.4, 0.5) is 4.79 Å². The molecule has 0 aliphatic carbocycles. The summed E-state index contributed by atoms with van der Waals surface area (Å²) in [6.45, 7) is 6.63. The van der Waals surface area contributed by atoms with Crippen molar-refractivity contribution in [2.75, 3.05) is 47.5 Å². The molecule has 1 N–H and O–H groups in total. The number of rotatable bonds is 7. The van der Waals surface area contributed by atoms with Crippen molar-refractivity contribution in [3.05, 3.63) is 17.7 Å². The van der Waals surface area contributed by atoms with Crippen LogP contribution in [0.5, 0.6) is 17.2 Å². The predicted octanol–water partition coefficient (Wildman–Crippen LogP) is 2.37. The molecule has 1 heterocycles. The van der Waals surface area contributed by atoms with E-state index in [9.17, 15) is 9.59 Å². The second-order valence-corrected chi connectivity index (χ2v) is 6.60. The number of nitrogens with one attached hydrogen (secondary N) is 1. The molecule has 0 atom stereocenters. The number of carbonyl (C=O) groups excluding carboxylic acids is 2. The fraction of sp³-hybridized carbons (Fsp3) is 0.600.